The number of rotatable bonds is 6. The molecule has 3 nitrogen and oxygen atoms in total. The van der Waals surface area contributed by atoms with Gasteiger partial charge in [0.25, 0.3) is 0 Å². The molecule has 2 aromatic rings. The Kier molecular flexibility index (Phi) is 5.53. The van der Waals surface area contributed by atoms with Crippen molar-refractivity contribution in [3.63, 3.8) is 0 Å². The van der Waals surface area contributed by atoms with Gasteiger partial charge in [0.2, 0.25) is 0 Å². The molecular formula is C17H17NO2S. The quantitative estimate of drug-likeness (QED) is 0.823. The third kappa shape index (κ3) is 4.73. The van der Waals surface area contributed by atoms with E-state index in [1.165, 1.54) is 5.56 Å². The van der Waals surface area contributed by atoms with Crippen LogP contribution in [0, 0.1) is 18.3 Å². The van der Waals surface area contributed by atoms with E-state index in [4.69, 9.17) is 10.00 Å². The van der Waals surface area contributed by atoms with Crippen LogP contribution in [-0.2, 0) is 16.6 Å². The number of ether oxygens (including phenoxy) is 1. The van der Waals surface area contributed by atoms with Crippen LogP contribution in [0.5, 0.6) is 5.75 Å². The van der Waals surface area contributed by atoms with Gasteiger partial charge in [-0.15, -0.1) is 0 Å². The highest BCUT2D eigenvalue weighted by atomic mass is 32.2. The van der Waals surface area contributed by atoms with E-state index in [0.717, 1.165) is 5.56 Å². The highest BCUT2D eigenvalue weighted by molar-refractivity contribution is 7.84. The van der Waals surface area contributed by atoms with Crippen molar-refractivity contribution < 1.29 is 8.95 Å². The zero-order valence-corrected chi connectivity index (χ0v) is 12.7. The largest absolute Gasteiger partial charge is 0.493 e. The Bertz CT molecular complexity index is 659. The molecule has 0 saturated heterocycles. The van der Waals surface area contributed by atoms with Gasteiger partial charge in [-0.2, -0.15) is 5.26 Å². The number of aryl methyl sites for hydroxylation is 1. The van der Waals surface area contributed by atoms with Crippen LogP contribution in [0.4, 0.5) is 0 Å². The summed E-state index contributed by atoms with van der Waals surface area (Å²) in [6.45, 7) is 2.43. The molecule has 0 aromatic heterocycles. The van der Waals surface area contributed by atoms with Gasteiger partial charge in [-0.05, 0) is 42.3 Å². The smallest absolute Gasteiger partial charge is 0.119 e. The molecule has 0 heterocycles. The molecule has 0 spiro atoms. The van der Waals surface area contributed by atoms with Crippen molar-refractivity contribution in [1.29, 1.82) is 5.26 Å². The molecule has 0 aliphatic heterocycles. The molecule has 2 rings (SSSR count). The van der Waals surface area contributed by atoms with Crippen molar-refractivity contribution in [2.24, 2.45) is 0 Å². The van der Waals surface area contributed by atoms with Crippen LogP contribution in [0.1, 0.15) is 16.7 Å². The lowest BCUT2D eigenvalue weighted by molar-refractivity contribution is 0.342. The number of nitrogens with zero attached hydrogens (tertiary/aromatic N) is 1. The average Bonchev–Trinajstić information content (AvgIpc) is 2.50. The Morgan fingerprint density at radius 3 is 2.52 bits per heavy atom. The summed E-state index contributed by atoms with van der Waals surface area (Å²) < 4.78 is 17.6. The van der Waals surface area contributed by atoms with Gasteiger partial charge in [0.1, 0.15) is 5.75 Å². The second-order valence-electron chi connectivity index (χ2n) is 4.70. The van der Waals surface area contributed by atoms with Crippen molar-refractivity contribution >= 4 is 10.8 Å². The van der Waals surface area contributed by atoms with Crippen molar-refractivity contribution in [2.45, 2.75) is 12.7 Å². The van der Waals surface area contributed by atoms with E-state index < -0.39 is 10.8 Å². The first kappa shape index (κ1) is 15.3. The maximum absolute atomic E-state index is 12.0. The number of nitriles is 1. The van der Waals surface area contributed by atoms with E-state index in [-0.39, 0.29) is 0 Å². The van der Waals surface area contributed by atoms with Crippen LogP contribution in [0.25, 0.3) is 0 Å². The topological polar surface area (TPSA) is 50.1 Å². The molecule has 0 fully saturated rings. The predicted molar refractivity (Wildman–Crippen MR) is 84.5 cm³/mol. The third-order valence-electron chi connectivity index (χ3n) is 3.14. The fourth-order valence-corrected chi connectivity index (χ4v) is 2.98. The summed E-state index contributed by atoms with van der Waals surface area (Å²) in [4.78, 5) is 0. The molecule has 0 bridgehead atoms. The summed E-state index contributed by atoms with van der Waals surface area (Å²) in [5, 5.41) is 8.71. The van der Waals surface area contributed by atoms with Crippen LogP contribution in [0.3, 0.4) is 0 Å². The third-order valence-corrected chi connectivity index (χ3v) is 4.40. The van der Waals surface area contributed by atoms with Crippen molar-refractivity contribution in [3.05, 3.63) is 65.2 Å². The van der Waals surface area contributed by atoms with E-state index >= 15 is 0 Å². The molecular weight excluding hydrogens is 282 g/mol. The molecule has 2 aromatic carbocycles. The molecule has 0 amide bonds. The summed E-state index contributed by atoms with van der Waals surface area (Å²) in [7, 11) is -0.938. The molecule has 4 heteroatoms. The number of benzene rings is 2. The van der Waals surface area contributed by atoms with Gasteiger partial charge in [0.05, 0.1) is 24.0 Å². The first-order chi connectivity index (χ1) is 10.2. The highest BCUT2D eigenvalue weighted by Gasteiger charge is 2.04. The Morgan fingerprint density at radius 2 is 1.86 bits per heavy atom. The molecule has 1 atom stereocenters. The second-order valence-corrected chi connectivity index (χ2v) is 6.28. The maximum atomic E-state index is 12.0. The van der Waals surface area contributed by atoms with E-state index in [1.54, 1.807) is 24.3 Å². The second kappa shape index (κ2) is 7.61. The van der Waals surface area contributed by atoms with Gasteiger partial charge in [-0.3, -0.25) is 4.21 Å². The van der Waals surface area contributed by atoms with E-state index in [1.807, 2.05) is 31.2 Å². The predicted octanol–water partition coefficient (Wildman–Crippen LogP) is 3.19. The fraction of sp³-hybridized carbons (Fsp3) is 0.235. The Labute approximate surface area is 127 Å². The normalized spacial score (nSPS) is 11.6. The van der Waals surface area contributed by atoms with E-state index in [0.29, 0.717) is 29.4 Å². The SMILES string of the molecule is Cc1ccccc1CS(=O)CCOc1ccc(C#N)cc1. The molecule has 0 radical (unpaired) electrons. The van der Waals surface area contributed by atoms with Gasteiger partial charge in [-0.1, -0.05) is 24.3 Å². The molecule has 108 valence electrons. The van der Waals surface area contributed by atoms with E-state index in [2.05, 4.69) is 6.07 Å². The van der Waals surface area contributed by atoms with Gasteiger partial charge in [0.15, 0.2) is 0 Å². The van der Waals surface area contributed by atoms with E-state index in [9.17, 15) is 4.21 Å². The maximum Gasteiger partial charge on any atom is 0.119 e. The number of hydrogen-bond donors (Lipinski definition) is 0. The van der Waals surface area contributed by atoms with Crippen molar-refractivity contribution in [3.8, 4) is 11.8 Å². The van der Waals surface area contributed by atoms with Gasteiger partial charge in [-0.25, -0.2) is 0 Å². The summed E-state index contributed by atoms with van der Waals surface area (Å²) in [5.74, 6) is 1.75. The van der Waals surface area contributed by atoms with Crippen molar-refractivity contribution in [1.82, 2.24) is 0 Å². The summed E-state index contributed by atoms with van der Waals surface area (Å²) in [6.07, 6.45) is 0. The first-order valence-electron chi connectivity index (χ1n) is 6.71. The summed E-state index contributed by atoms with van der Waals surface area (Å²) in [5.41, 5.74) is 2.89. The molecule has 0 aliphatic rings. The number of hydrogen-bond acceptors (Lipinski definition) is 3. The molecule has 0 N–H and O–H groups in total. The van der Waals surface area contributed by atoms with Gasteiger partial charge < -0.3 is 4.74 Å². The zero-order valence-electron chi connectivity index (χ0n) is 11.9. The summed E-state index contributed by atoms with van der Waals surface area (Å²) in [6, 6.07) is 17.0. The van der Waals surface area contributed by atoms with Crippen LogP contribution in [-0.4, -0.2) is 16.6 Å². The lowest BCUT2D eigenvalue weighted by Gasteiger charge is -2.07. The standard InChI is InChI=1S/C17H17NO2S/c1-14-4-2-3-5-16(14)13-21(19)11-10-20-17-8-6-15(12-18)7-9-17/h2-9H,10-11,13H2,1H3. The van der Waals surface area contributed by atoms with Crippen LogP contribution >= 0.6 is 0 Å². The van der Waals surface area contributed by atoms with Gasteiger partial charge >= 0.3 is 0 Å². The van der Waals surface area contributed by atoms with Crippen LogP contribution in [0.15, 0.2) is 48.5 Å². The Balaban J connectivity index is 1.79. The van der Waals surface area contributed by atoms with Gasteiger partial charge in [0, 0.05) is 16.6 Å². The molecule has 1 unspecified atom stereocenters. The highest BCUT2D eigenvalue weighted by Crippen LogP contribution is 2.12. The fourth-order valence-electron chi connectivity index (χ4n) is 1.90. The monoisotopic (exact) mass is 299 g/mol. The zero-order chi connectivity index (χ0) is 15.1. The molecule has 0 saturated carbocycles. The summed E-state index contributed by atoms with van der Waals surface area (Å²) >= 11 is 0. The first-order valence-corrected chi connectivity index (χ1v) is 8.20. The lowest BCUT2D eigenvalue weighted by atomic mass is 10.1. The van der Waals surface area contributed by atoms with Crippen LogP contribution in [0.2, 0.25) is 0 Å². The van der Waals surface area contributed by atoms with Crippen LogP contribution < -0.4 is 4.74 Å². The minimum atomic E-state index is -0.938. The Morgan fingerprint density at radius 1 is 1.14 bits per heavy atom. The minimum absolute atomic E-state index is 0.407. The van der Waals surface area contributed by atoms with Crippen molar-refractivity contribution in [2.75, 3.05) is 12.4 Å². The molecule has 21 heavy (non-hydrogen) atoms. The lowest BCUT2D eigenvalue weighted by Crippen LogP contribution is -2.10. The average molecular weight is 299 g/mol. The molecule has 0 aliphatic carbocycles. The minimum Gasteiger partial charge on any atom is -0.493 e. The Hall–Kier alpha value is -2.12.